The average Bonchev–Trinajstić information content (AvgIpc) is 2.87. The van der Waals surface area contributed by atoms with Crippen molar-refractivity contribution < 1.29 is 23.9 Å². The summed E-state index contributed by atoms with van der Waals surface area (Å²) in [5.41, 5.74) is 0.834. The normalized spacial score (nSPS) is 17.9. The first kappa shape index (κ1) is 14.0. The maximum Gasteiger partial charge on any atom is 0.411 e. The van der Waals surface area contributed by atoms with Gasteiger partial charge in [-0.05, 0) is 5.56 Å². The number of hydrogen-bond acceptors (Lipinski definition) is 5. The highest BCUT2D eigenvalue weighted by atomic mass is 16.6. The number of benzene rings is 1. The second-order valence-corrected chi connectivity index (χ2v) is 4.38. The molecule has 20 heavy (non-hydrogen) atoms. The number of nitrogens with zero attached hydrogens (tertiary/aromatic N) is 1. The summed E-state index contributed by atoms with van der Waals surface area (Å²) >= 11 is 0. The molecular weight excluding hydrogens is 262 g/mol. The third-order valence-electron chi connectivity index (χ3n) is 3.08. The van der Waals surface area contributed by atoms with E-state index >= 15 is 0 Å². The highest BCUT2D eigenvalue weighted by Crippen LogP contribution is 2.17. The number of Topliss-reactive ketones (excluding diaryl/α,β-unsaturated/α-hetero) is 1. The first-order valence-electron chi connectivity index (χ1n) is 6.21. The Kier molecular flexibility index (Phi) is 4.34. The van der Waals surface area contributed by atoms with Gasteiger partial charge in [-0.25, -0.2) is 9.59 Å². The minimum absolute atomic E-state index is 0.0955. The van der Waals surface area contributed by atoms with Gasteiger partial charge in [0.25, 0.3) is 0 Å². The van der Waals surface area contributed by atoms with Gasteiger partial charge in [0.15, 0.2) is 11.8 Å². The van der Waals surface area contributed by atoms with Gasteiger partial charge in [-0.15, -0.1) is 0 Å². The van der Waals surface area contributed by atoms with Crippen LogP contribution in [0.5, 0.6) is 0 Å². The van der Waals surface area contributed by atoms with Crippen molar-refractivity contribution in [3.63, 3.8) is 0 Å². The van der Waals surface area contributed by atoms with E-state index in [4.69, 9.17) is 4.74 Å². The van der Waals surface area contributed by atoms with Crippen LogP contribution in [0, 0.1) is 0 Å². The Bertz CT molecular complexity index is 514. The second-order valence-electron chi connectivity index (χ2n) is 4.38. The number of hydrogen-bond donors (Lipinski definition) is 0. The zero-order valence-corrected chi connectivity index (χ0v) is 11.1. The van der Waals surface area contributed by atoms with E-state index in [1.54, 1.807) is 0 Å². The first-order valence-corrected chi connectivity index (χ1v) is 6.21. The van der Waals surface area contributed by atoms with E-state index in [-0.39, 0.29) is 25.4 Å². The summed E-state index contributed by atoms with van der Waals surface area (Å²) in [5, 5.41) is 0. The van der Waals surface area contributed by atoms with Crippen molar-refractivity contribution in [3.05, 3.63) is 35.9 Å². The zero-order chi connectivity index (χ0) is 14.5. The van der Waals surface area contributed by atoms with Crippen LogP contribution in [0.25, 0.3) is 0 Å². The van der Waals surface area contributed by atoms with Gasteiger partial charge >= 0.3 is 12.1 Å². The maximum atomic E-state index is 11.9. The predicted molar refractivity (Wildman–Crippen MR) is 68.8 cm³/mol. The van der Waals surface area contributed by atoms with Gasteiger partial charge in [0.1, 0.15) is 6.61 Å². The van der Waals surface area contributed by atoms with E-state index in [1.807, 2.05) is 30.3 Å². The van der Waals surface area contributed by atoms with E-state index in [0.29, 0.717) is 0 Å². The average molecular weight is 277 g/mol. The minimum Gasteiger partial charge on any atom is -0.467 e. The van der Waals surface area contributed by atoms with Gasteiger partial charge in [0, 0.05) is 13.0 Å². The van der Waals surface area contributed by atoms with Crippen LogP contribution in [0.15, 0.2) is 30.3 Å². The third kappa shape index (κ3) is 2.96. The van der Waals surface area contributed by atoms with Gasteiger partial charge in [-0.1, -0.05) is 30.3 Å². The lowest BCUT2D eigenvalue weighted by Gasteiger charge is -2.20. The molecule has 1 aromatic carbocycles. The van der Waals surface area contributed by atoms with Crippen LogP contribution >= 0.6 is 0 Å². The fraction of sp³-hybridized carbons (Fsp3) is 0.357. The summed E-state index contributed by atoms with van der Waals surface area (Å²) in [6.07, 6.45) is -0.546. The Morgan fingerprint density at radius 3 is 2.65 bits per heavy atom. The fourth-order valence-electron chi connectivity index (χ4n) is 2.04. The van der Waals surface area contributed by atoms with Crippen molar-refractivity contribution in [2.75, 3.05) is 13.7 Å². The van der Waals surface area contributed by atoms with Crippen LogP contribution < -0.4 is 0 Å². The molecule has 0 aromatic heterocycles. The summed E-state index contributed by atoms with van der Waals surface area (Å²) in [4.78, 5) is 36.2. The topological polar surface area (TPSA) is 72.9 Å². The predicted octanol–water partition coefficient (Wildman–Crippen LogP) is 1.14. The lowest BCUT2D eigenvalue weighted by molar-refractivity contribution is -0.148. The molecule has 1 amide bonds. The number of esters is 1. The molecule has 0 aliphatic carbocycles. The Balaban J connectivity index is 1.98. The molecule has 0 spiro atoms. The number of methoxy groups -OCH3 is 1. The number of ketones is 1. The molecule has 0 radical (unpaired) electrons. The summed E-state index contributed by atoms with van der Waals surface area (Å²) in [7, 11) is 1.18. The van der Waals surface area contributed by atoms with E-state index in [1.165, 1.54) is 7.11 Å². The summed E-state index contributed by atoms with van der Waals surface area (Å²) in [6, 6.07) is 7.99. The Labute approximate surface area is 116 Å². The molecule has 0 N–H and O–H groups in total. The Morgan fingerprint density at radius 2 is 2.00 bits per heavy atom. The SMILES string of the molecule is COC(=O)C1C(=O)CCN1C(=O)OCc1ccccc1. The summed E-state index contributed by atoms with van der Waals surface area (Å²) in [5.74, 6) is -1.06. The molecule has 1 unspecified atom stereocenters. The van der Waals surface area contributed by atoms with Crippen molar-refractivity contribution in [1.29, 1.82) is 0 Å². The number of carbonyl (C=O) groups excluding carboxylic acids is 3. The second kappa shape index (κ2) is 6.18. The van der Waals surface area contributed by atoms with Gasteiger partial charge < -0.3 is 9.47 Å². The molecule has 1 aliphatic rings. The van der Waals surface area contributed by atoms with E-state index in [2.05, 4.69) is 4.74 Å². The number of carbonyl (C=O) groups is 3. The number of rotatable bonds is 3. The largest absolute Gasteiger partial charge is 0.467 e. The van der Waals surface area contributed by atoms with Gasteiger partial charge in [0.05, 0.1) is 7.11 Å². The smallest absolute Gasteiger partial charge is 0.411 e. The Morgan fingerprint density at radius 1 is 1.30 bits per heavy atom. The molecule has 1 aliphatic heterocycles. The molecule has 1 aromatic rings. The number of amides is 1. The standard InChI is InChI=1S/C14H15NO5/c1-19-13(17)12-11(16)7-8-15(12)14(18)20-9-10-5-3-2-4-6-10/h2-6,12H,7-9H2,1H3. The van der Waals surface area contributed by atoms with E-state index in [0.717, 1.165) is 10.5 Å². The van der Waals surface area contributed by atoms with Crippen LogP contribution in [-0.2, 0) is 25.7 Å². The van der Waals surface area contributed by atoms with Crippen molar-refractivity contribution in [3.8, 4) is 0 Å². The van der Waals surface area contributed by atoms with Crippen molar-refractivity contribution in [2.45, 2.75) is 19.1 Å². The van der Waals surface area contributed by atoms with Crippen LogP contribution in [0.1, 0.15) is 12.0 Å². The van der Waals surface area contributed by atoms with Crippen LogP contribution in [0.3, 0.4) is 0 Å². The van der Waals surface area contributed by atoms with Crippen molar-refractivity contribution >= 4 is 17.8 Å². The van der Waals surface area contributed by atoms with Crippen molar-refractivity contribution in [1.82, 2.24) is 4.90 Å². The highest BCUT2D eigenvalue weighted by molar-refractivity contribution is 6.07. The number of likely N-dealkylation sites (tertiary alicyclic amines) is 1. The molecule has 106 valence electrons. The third-order valence-corrected chi connectivity index (χ3v) is 3.08. The van der Waals surface area contributed by atoms with Crippen LogP contribution in [0.2, 0.25) is 0 Å². The minimum atomic E-state index is -1.18. The van der Waals surface area contributed by atoms with Crippen LogP contribution in [0.4, 0.5) is 4.79 Å². The molecular formula is C14H15NO5. The molecule has 0 saturated carbocycles. The van der Waals surface area contributed by atoms with E-state index < -0.39 is 18.1 Å². The summed E-state index contributed by atoms with van der Waals surface area (Å²) < 4.78 is 9.65. The first-order chi connectivity index (χ1) is 9.63. The van der Waals surface area contributed by atoms with E-state index in [9.17, 15) is 14.4 Å². The fourth-order valence-corrected chi connectivity index (χ4v) is 2.04. The molecule has 6 heteroatoms. The monoisotopic (exact) mass is 277 g/mol. The number of ether oxygens (including phenoxy) is 2. The van der Waals surface area contributed by atoms with Crippen molar-refractivity contribution in [2.24, 2.45) is 0 Å². The molecule has 1 fully saturated rings. The highest BCUT2D eigenvalue weighted by Gasteiger charge is 2.42. The molecule has 1 atom stereocenters. The zero-order valence-electron chi connectivity index (χ0n) is 11.1. The molecule has 6 nitrogen and oxygen atoms in total. The molecule has 2 rings (SSSR count). The van der Waals surface area contributed by atoms with Crippen LogP contribution in [-0.4, -0.2) is 42.4 Å². The van der Waals surface area contributed by atoms with Gasteiger partial charge in [0.2, 0.25) is 0 Å². The Hall–Kier alpha value is -2.37. The summed E-state index contributed by atoms with van der Waals surface area (Å²) in [6.45, 7) is 0.268. The lowest BCUT2D eigenvalue weighted by Crippen LogP contribution is -2.44. The van der Waals surface area contributed by atoms with Gasteiger partial charge in [-0.2, -0.15) is 0 Å². The van der Waals surface area contributed by atoms with Gasteiger partial charge in [-0.3, -0.25) is 9.69 Å². The molecule has 1 saturated heterocycles. The lowest BCUT2D eigenvalue weighted by atomic mass is 10.2. The quantitative estimate of drug-likeness (QED) is 0.612. The maximum absolute atomic E-state index is 11.9. The molecule has 0 bridgehead atoms. The molecule has 1 heterocycles.